The van der Waals surface area contributed by atoms with Gasteiger partial charge in [-0.3, -0.25) is 9.69 Å². The molecule has 0 saturated heterocycles. The van der Waals surface area contributed by atoms with Crippen LogP contribution in [0, 0.1) is 0 Å². The number of aromatic nitrogens is 1. The molecule has 11 heteroatoms. The first-order valence-corrected chi connectivity index (χ1v) is 12.1. The maximum Gasteiger partial charge on any atom is 0.266 e. The standard InChI is InChI=1S/C23H27Cl2N3O4S.ClH/c1-5-27(6-2)11-12-28(20(29)14-32-17-8-7-15(24)13-16(17)25)23-26-21-18(30-3)9-10-19(31-4)22(21)33-23;/h7-10,13H,5-6,11-12,14H2,1-4H3;1H. The molecule has 0 saturated carbocycles. The number of nitrogens with zero attached hydrogens (tertiary/aromatic N) is 3. The number of amides is 1. The van der Waals surface area contributed by atoms with Gasteiger partial charge in [0.25, 0.3) is 5.91 Å². The number of ether oxygens (including phenoxy) is 3. The van der Waals surface area contributed by atoms with Gasteiger partial charge in [-0.2, -0.15) is 0 Å². The quantitative estimate of drug-likeness (QED) is 0.302. The lowest BCUT2D eigenvalue weighted by Crippen LogP contribution is -2.41. The van der Waals surface area contributed by atoms with Crippen LogP contribution in [0.25, 0.3) is 10.2 Å². The van der Waals surface area contributed by atoms with E-state index in [-0.39, 0.29) is 24.9 Å². The normalized spacial score (nSPS) is 10.8. The van der Waals surface area contributed by atoms with E-state index in [0.29, 0.717) is 51.0 Å². The number of likely N-dealkylation sites (N-methyl/N-ethyl adjacent to an activating group) is 1. The average molecular weight is 549 g/mol. The van der Waals surface area contributed by atoms with Crippen LogP contribution in [0.2, 0.25) is 10.0 Å². The first kappa shape index (κ1) is 28.3. The van der Waals surface area contributed by atoms with Crippen LogP contribution >= 0.6 is 46.9 Å². The van der Waals surface area contributed by atoms with Crippen LogP contribution in [0.1, 0.15) is 13.8 Å². The summed E-state index contributed by atoms with van der Waals surface area (Å²) in [5.41, 5.74) is 0.652. The summed E-state index contributed by atoms with van der Waals surface area (Å²) in [7, 11) is 3.20. The lowest BCUT2D eigenvalue weighted by atomic mass is 10.3. The molecule has 0 atom stereocenters. The second-order valence-electron chi connectivity index (χ2n) is 7.08. The van der Waals surface area contributed by atoms with Crippen LogP contribution in [-0.2, 0) is 4.79 Å². The Morgan fingerprint density at radius 3 is 2.26 bits per heavy atom. The molecule has 1 heterocycles. The highest BCUT2D eigenvalue weighted by molar-refractivity contribution is 7.22. The Hall–Kier alpha value is -1.97. The van der Waals surface area contributed by atoms with Crippen molar-refractivity contribution in [2.75, 3.05) is 51.9 Å². The molecule has 1 aromatic heterocycles. The molecule has 0 bridgehead atoms. The van der Waals surface area contributed by atoms with Gasteiger partial charge in [0.2, 0.25) is 0 Å². The lowest BCUT2D eigenvalue weighted by Gasteiger charge is -2.24. The summed E-state index contributed by atoms with van der Waals surface area (Å²) in [5.74, 6) is 1.46. The number of hydrogen-bond donors (Lipinski definition) is 0. The number of methoxy groups -OCH3 is 2. The van der Waals surface area contributed by atoms with Gasteiger partial charge in [0, 0.05) is 18.1 Å². The minimum atomic E-state index is -0.231. The molecule has 3 rings (SSSR count). The topological polar surface area (TPSA) is 64.1 Å². The molecular weight excluding hydrogens is 521 g/mol. The third kappa shape index (κ3) is 6.58. The van der Waals surface area contributed by atoms with E-state index >= 15 is 0 Å². The van der Waals surface area contributed by atoms with Crippen molar-refractivity contribution in [2.24, 2.45) is 0 Å². The Labute approximate surface area is 219 Å². The van der Waals surface area contributed by atoms with Gasteiger partial charge in [-0.25, -0.2) is 4.98 Å². The number of anilines is 1. The number of halogens is 3. The van der Waals surface area contributed by atoms with E-state index in [2.05, 4.69) is 18.7 Å². The van der Waals surface area contributed by atoms with Crippen LogP contribution in [0.4, 0.5) is 5.13 Å². The Morgan fingerprint density at radius 2 is 1.65 bits per heavy atom. The maximum absolute atomic E-state index is 13.3. The fourth-order valence-electron chi connectivity index (χ4n) is 3.31. The third-order valence-corrected chi connectivity index (χ3v) is 6.83. The number of rotatable bonds is 11. The number of benzene rings is 2. The zero-order valence-electron chi connectivity index (χ0n) is 19.5. The molecule has 0 aliphatic rings. The van der Waals surface area contributed by atoms with E-state index in [9.17, 15) is 4.79 Å². The molecule has 7 nitrogen and oxygen atoms in total. The number of hydrogen-bond acceptors (Lipinski definition) is 7. The summed E-state index contributed by atoms with van der Waals surface area (Å²) in [6, 6.07) is 8.52. The second-order valence-corrected chi connectivity index (χ2v) is 8.90. The van der Waals surface area contributed by atoms with Crippen molar-refractivity contribution in [3.63, 3.8) is 0 Å². The Bertz CT molecular complexity index is 1070. The summed E-state index contributed by atoms with van der Waals surface area (Å²) in [6.07, 6.45) is 0. The SMILES string of the molecule is CCN(CC)CCN(C(=O)COc1ccc(Cl)cc1Cl)c1nc2c(OC)ccc(OC)c2s1.Cl. The van der Waals surface area contributed by atoms with Gasteiger partial charge in [-0.05, 0) is 43.4 Å². The zero-order valence-corrected chi connectivity index (χ0v) is 22.6. The molecule has 0 N–H and O–H groups in total. The molecule has 0 fully saturated rings. The zero-order chi connectivity index (χ0) is 24.0. The Balaban J connectivity index is 0.00000408. The number of carbonyl (C=O) groups is 1. The van der Waals surface area contributed by atoms with E-state index in [1.165, 1.54) is 11.3 Å². The molecule has 0 aliphatic carbocycles. The first-order valence-electron chi connectivity index (χ1n) is 10.5. The first-order chi connectivity index (χ1) is 15.9. The number of carbonyl (C=O) groups excluding carboxylic acids is 1. The van der Waals surface area contributed by atoms with Gasteiger partial charge in [0.05, 0.1) is 19.2 Å². The van der Waals surface area contributed by atoms with Crippen LogP contribution in [0.5, 0.6) is 17.2 Å². The molecule has 34 heavy (non-hydrogen) atoms. The highest BCUT2D eigenvalue weighted by Gasteiger charge is 2.23. The fourth-order valence-corrected chi connectivity index (χ4v) is 4.89. The number of fused-ring (bicyclic) bond motifs is 1. The van der Waals surface area contributed by atoms with Gasteiger partial charge >= 0.3 is 0 Å². The van der Waals surface area contributed by atoms with Gasteiger partial charge in [0.15, 0.2) is 11.7 Å². The fraction of sp³-hybridized carbons (Fsp3) is 0.391. The molecule has 0 aliphatic heterocycles. The van der Waals surface area contributed by atoms with Crippen molar-refractivity contribution in [1.29, 1.82) is 0 Å². The Morgan fingerprint density at radius 1 is 1.00 bits per heavy atom. The van der Waals surface area contributed by atoms with E-state index in [1.807, 2.05) is 6.07 Å². The van der Waals surface area contributed by atoms with E-state index in [4.69, 9.17) is 42.4 Å². The van der Waals surface area contributed by atoms with Gasteiger partial charge in [-0.1, -0.05) is 48.4 Å². The van der Waals surface area contributed by atoms with Gasteiger partial charge in [-0.15, -0.1) is 12.4 Å². The maximum atomic E-state index is 13.3. The third-order valence-electron chi connectivity index (χ3n) is 5.21. The van der Waals surface area contributed by atoms with Crippen molar-refractivity contribution in [3.8, 4) is 17.2 Å². The van der Waals surface area contributed by atoms with Crippen molar-refractivity contribution >= 4 is 68.2 Å². The minimum absolute atomic E-state index is 0. The van der Waals surface area contributed by atoms with E-state index in [1.54, 1.807) is 43.4 Å². The molecule has 0 radical (unpaired) electrons. The summed E-state index contributed by atoms with van der Waals surface area (Å²) >= 11 is 13.5. The Kier molecular flexibility index (Phi) is 11.0. The average Bonchev–Trinajstić information content (AvgIpc) is 3.25. The van der Waals surface area contributed by atoms with Crippen molar-refractivity contribution in [3.05, 3.63) is 40.4 Å². The van der Waals surface area contributed by atoms with E-state index < -0.39 is 0 Å². The lowest BCUT2D eigenvalue weighted by molar-refractivity contribution is -0.120. The second kappa shape index (κ2) is 13.2. The van der Waals surface area contributed by atoms with Gasteiger partial charge < -0.3 is 19.1 Å². The predicted molar refractivity (Wildman–Crippen MR) is 142 cm³/mol. The smallest absolute Gasteiger partial charge is 0.266 e. The van der Waals surface area contributed by atoms with Crippen LogP contribution < -0.4 is 19.1 Å². The molecule has 1 amide bonds. The molecular formula is C23H28Cl3N3O4S. The van der Waals surface area contributed by atoms with Crippen molar-refractivity contribution < 1.29 is 19.0 Å². The van der Waals surface area contributed by atoms with Crippen LogP contribution in [0.15, 0.2) is 30.3 Å². The highest BCUT2D eigenvalue weighted by Crippen LogP contribution is 2.40. The summed E-state index contributed by atoms with van der Waals surface area (Å²) in [5, 5.41) is 1.40. The summed E-state index contributed by atoms with van der Waals surface area (Å²) in [4.78, 5) is 21.9. The van der Waals surface area contributed by atoms with Crippen molar-refractivity contribution in [2.45, 2.75) is 13.8 Å². The minimum Gasteiger partial charge on any atom is -0.495 e. The molecule has 186 valence electrons. The van der Waals surface area contributed by atoms with Crippen LogP contribution in [0.3, 0.4) is 0 Å². The molecule has 0 spiro atoms. The monoisotopic (exact) mass is 547 g/mol. The van der Waals surface area contributed by atoms with Crippen molar-refractivity contribution in [1.82, 2.24) is 9.88 Å². The highest BCUT2D eigenvalue weighted by atomic mass is 35.5. The predicted octanol–water partition coefficient (Wildman–Crippen LogP) is 5.80. The van der Waals surface area contributed by atoms with Gasteiger partial charge in [0.1, 0.15) is 27.5 Å². The van der Waals surface area contributed by atoms with E-state index in [0.717, 1.165) is 17.8 Å². The molecule has 2 aromatic carbocycles. The summed E-state index contributed by atoms with van der Waals surface area (Å²) < 4.78 is 17.5. The molecule has 3 aromatic rings. The van der Waals surface area contributed by atoms with Crippen LogP contribution in [-0.4, -0.2) is 62.8 Å². The number of thiazole rings is 1. The summed E-state index contributed by atoms with van der Waals surface area (Å²) in [6.45, 7) is 6.92. The largest absolute Gasteiger partial charge is 0.495 e. The molecule has 0 unspecified atom stereocenters.